The molecule has 0 unspecified atom stereocenters. The van der Waals surface area contributed by atoms with Gasteiger partial charge in [-0.1, -0.05) is 60.1 Å². The number of aromatic hydroxyl groups is 1. The van der Waals surface area contributed by atoms with Gasteiger partial charge in [-0.15, -0.1) is 0 Å². The molecule has 0 aliphatic carbocycles. The average molecular weight is 306 g/mol. The minimum absolute atomic E-state index is 0.00523. The molecule has 0 saturated heterocycles. The molecule has 1 aromatic rings. The first-order valence-electron chi connectivity index (χ1n) is 8.32. The first-order chi connectivity index (χ1) is 9.98. The molecule has 22 heavy (non-hydrogen) atoms. The van der Waals surface area contributed by atoms with E-state index < -0.39 is 0 Å². The summed E-state index contributed by atoms with van der Waals surface area (Å²) in [5.41, 5.74) is 14.8. The number of nitrogens with two attached hydrogens (primary N) is 2. The van der Waals surface area contributed by atoms with E-state index in [9.17, 15) is 5.11 Å². The third-order valence-corrected chi connectivity index (χ3v) is 4.15. The van der Waals surface area contributed by atoms with Crippen molar-refractivity contribution in [1.29, 1.82) is 0 Å². The minimum Gasteiger partial charge on any atom is -0.507 e. The van der Waals surface area contributed by atoms with Crippen LogP contribution in [0.3, 0.4) is 0 Å². The van der Waals surface area contributed by atoms with Crippen molar-refractivity contribution in [2.75, 3.05) is 6.54 Å². The van der Waals surface area contributed by atoms with E-state index in [0.29, 0.717) is 12.3 Å². The highest BCUT2D eigenvalue weighted by Crippen LogP contribution is 2.41. The van der Waals surface area contributed by atoms with Crippen molar-refractivity contribution in [2.24, 2.45) is 11.5 Å². The van der Waals surface area contributed by atoms with Crippen molar-refractivity contribution in [1.82, 2.24) is 0 Å². The normalized spacial score (nSPS) is 14.2. The van der Waals surface area contributed by atoms with Gasteiger partial charge in [0.15, 0.2) is 0 Å². The molecule has 0 radical (unpaired) electrons. The van der Waals surface area contributed by atoms with E-state index in [1.54, 1.807) is 0 Å². The van der Waals surface area contributed by atoms with Gasteiger partial charge in [-0.2, -0.15) is 0 Å². The molecule has 0 saturated carbocycles. The van der Waals surface area contributed by atoms with Crippen LogP contribution in [0.25, 0.3) is 0 Å². The maximum Gasteiger partial charge on any atom is 0.123 e. The van der Waals surface area contributed by atoms with Gasteiger partial charge in [0, 0.05) is 6.04 Å². The molecule has 0 aliphatic heterocycles. The Morgan fingerprint density at radius 2 is 1.41 bits per heavy atom. The fourth-order valence-corrected chi connectivity index (χ4v) is 2.69. The molecule has 0 amide bonds. The van der Waals surface area contributed by atoms with Crippen LogP contribution < -0.4 is 11.5 Å². The highest BCUT2D eigenvalue weighted by Gasteiger charge is 2.27. The zero-order valence-electron chi connectivity index (χ0n) is 15.2. The fourth-order valence-electron chi connectivity index (χ4n) is 2.69. The van der Waals surface area contributed by atoms with E-state index in [1.807, 2.05) is 0 Å². The average Bonchev–Trinajstić information content (AvgIpc) is 2.36. The monoisotopic (exact) mass is 306 g/mol. The smallest absolute Gasteiger partial charge is 0.123 e. The third kappa shape index (κ3) is 4.72. The molecule has 0 fully saturated rings. The SMILES string of the molecule is CC(C)(C)c1cc([C@H](N)CCCCN)cc(C(C)(C)C)c1O. The van der Waals surface area contributed by atoms with E-state index in [1.165, 1.54) is 0 Å². The van der Waals surface area contributed by atoms with E-state index in [4.69, 9.17) is 11.5 Å². The van der Waals surface area contributed by atoms with Gasteiger partial charge in [-0.3, -0.25) is 0 Å². The summed E-state index contributed by atoms with van der Waals surface area (Å²) in [5.74, 6) is 0.415. The Morgan fingerprint density at radius 3 is 1.77 bits per heavy atom. The predicted octanol–water partition coefficient (Wildman–Crippen LogP) is 4.12. The summed E-state index contributed by atoms with van der Waals surface area (Å²) in [6.07, 6.45) is 2.97. The minimum atomic E-state index is -0.114. The highest BCUT2D eigenvalue weighted by atomic mass is 16.3. The van der Waals surface area contributed by atoms with Crippen molar-refractivity contribution in [3.8, 4) is 5.75 Å². The molecule has 0 spiro atoms. The van der Waals surface area contributed by atoms with Gasteiger partial charge >= 0.3 is 0 Å². The second-order valence-electron chi connectivity index (χ2n) is 8.36. The van der Waals surface area contributed by atoms with Gasteiger partial charge in [0.1, 0.15) is 5.75 Å². The van der Waals surface area contributed by atoms with E-state index in [-0.39, 0.29) is 16.9 Å². The van der Waals surface area contributed by atoms with Crippen LogP contribution in [-0.4, -0.2) is 11.7 Å². The number of hydrogen-bond acceptors (Lipinski definition) is 3. The second-order valence-corrected chi connectivity index (χ2v) is 8.36. The number of benzene rings is 1. The molecule has 0 aromatic heterocycles. The van der Waals surface area contributed by atoms with Crippen LogP contribution in [0.1, 0.15) is 83.5 Å². The summed E-state index contributed by atoms with van der Waals surface area (Å²) in [6, 6.07) is 4.16. The van der Waals surface area contributed by atoms with Crippen LogP contribution in [0, 0.1) is 0 Å². The Labute approximate surface area is 136 Å². The van der Waals surface area contributed by atoms with Crippen LogP contribution in [0.5, 0.6) is 5.75 Å². The largest absolute Gasteiger partial charge is 0.507 e. The number of rotatable bonds is 5. The first-order valence-corrected chi connectivity index (χ1v) is 8.32. The van der Waals surface area contributed by atoms with Gasteiger partial charge in [0.2, 0.25) is 0 Å². The van der Waals surface area contributed by atoms with Gasteiger partial charge in [0.25, 0.3) is 0 Å². The van der Waals surface area contributed by atoms with Crippen LogP contribution in [0.15, 0.2) is 12.1 Å². The predicted molar refractivity (Wildman–Crippen MR) is 95.3 cm³/mol. The molecule has 1 rings (SSSR count). The fraction of sp³-hybridized carbons (Fsp3) is 0.684. The van der Waals surface area contributed by atoms with Crippen molar-refractivity contribution >= 4 is 0 Å². The molecule has 3 heteroatoms. The Bertz CT molecular complexity index is 460. The Balaban J connectivity index is 3.29. The number of hydrogen-bond donors (Lipinski definition) is 3. The van der Waals surface area contributed by atoms with Crippen LogP contribution >= 0.6 is 0 Å². The summed E-state index contributed by atoms with van der Waals surface area (Å²) >= 11 is 0. The maximum absolute atomic E-state index is 10.7. The van der Waals surface area contributed by atoms with Crippen LogP contribution in [0.4, 0.5) is 0 Å². The lowest BCUT2D eigenvalue weighted by Crippen LogP contribution is -2.20. The number of phenolic OH excluding ortho intramolecular Hbond substituents is 1. The molecule has 126 valence electrons. The van der Waals surface area contributed by atoms with Gasteiger partial charge in [-0.05, 0) is 46.9 Å². The van der Waals surface area contributed by atoms with Gasteiger partial charge < -0.3 is 16.6 Å². The van der Waals surface area contributed by atoms with Crippen molar-refractivity contribution in [2.45, 2.75) is 77.7 Å². The highest BCUT2D eigenvalue weighted by molar-refractivity contribution is 5.50. The molecule has 1 atom stereocenters. The standard InChI is InChI=1S/C19H34N2O/c1-18(2,3)14-11-13(16(21)9-7-8-10-20)12-15(17(14)22)19(4,5)6/h11-12,16,22H,7-10,20-21H2,1-6H3/t16-/m1/s1. The zero-order chi connectivity index (χ0) is 17.1. The molecule has 0 aliphatic rings. The molecule has 5 N–H and O–H groups in total. The third-order valence-electron chi connectivity index (χ3n) is 4.15. The quantitative estimate of drug-likeness (QED) is 0.717. The Kier molecular flexibility index (Phi) is 6.05. The number of phenols is 1. The summed E-state index contributed by atoms with van der Waals surface area (Å²) < 4.78 is 0. The lowest BCUT2D eigenvalue weighted by atomic mass is 9.77. The van der Waals surface area contributed by atoms with E-state index in [2.05, 4.69) is 53.7 Å². The Hall–Kier alpha value is -1.06. The topological polar surface area (TPSA) is 72.3 Å². The Morgan fingerprint density at radius 1 is 0.955 bits per heavy atom. The van der Waals surface area contributed by atoms with Crippen molar-refractivity contribution < 1.29 is 5.11 Å². The number of unbranched alkanes of at least 4 members (excludes halogenated alkanes) is 1. The molecule has 3 nitrogen and oxygen atoms in total. The summed E-state index contributed by atoms with van der Waals surface area (Å²) in [5, 5.41) is 10.7. The lowest BCUT2D eigenvalue weighted by Gasteiger charge is -2.29. The maximum atomic E-state index is 10.7. The second kappa shape index (κ2) is 7.01. The molecular formula is C19H34N2O. The summed E-state index contributed by atoms with van der Waals surface area (Å²) in [7, 11) is 0. The van der Waals surface area contributed by atoms with Crippen molar-refractivity contribution in [3.05, 3.63) is 28.8 Å². The zero-order valence-corrected chi connectivity index (χ0v) is 15.2. The van der Waals surface area contributed by atoms with Crippen molar-refractivity contribution in [3.63, 3.8) is 0 Å². The molecule has 0 heterocycles. The first kappa shape index (κ1) is 19.0. The summed E-state index contributed by atoms with van der Waals surface area (Å²) in [4.78, 5) is 0. The molecule has 0 bridgehead atoms. The van der Waals surface area contributed by atoms with Crippen LogP contribution in [-0.2, 0) is 10.8 Å². The van der Waals surface area contributed by atoms with Gasteiger partial charge in [0.05, 0.1) is 0 Å². The van der Waals surface area contributed by atoms with E-state index in [0.717, 1.165) is 36.0 Å². The molecular weight excluding hydrogens is 272 g/mol. The summed E-state index contributed by atoms with van der Waals surface area (Å²) in [6.45, 7) is 13.5. The lowest BCUT2D eigenvalue weighted by molar-refractivity contribution is 0.421. The van der Waals surface area contributed by atoms with Gasteiger partial charge in [-0.25, -0.2) is 0 Å². The molecule has 1 aromatic carbocycles. The van der Waals surface area contributed by atoms with Crippen LogP contribution in [0.2, 0.25) is 0 Å². The van der Waals surface area contributed by atoms with E-state index >= 15 is 0 Å².